The van der Waals surface area contributed by atoms with Crippen molar-refractivity contribution in [3.05, 3.63) is 0 Å². The van der Waals surface area contributed by atoms with E-state index in [-0.39, 0.29) is 11.9 Å². The molecule has 0 aliphatic heterocycles. The minimum Gasteiger partial charge on any atom is -0.341 e. The second-order valence-corrected chi connectivity index (χ2v) is 7.26. The molecule has 0 radical (unpaired) electrons. The Morgan fingerprint density at radius 1 is 1.16 bits per heavy atom. The van der Waals surface area contributed by atoms with Gasteiger partial charge in [0.25, 0.3) is 0 Å². The van der Waals surface area contributed by atoms with E-state index < -0.39 is 0 Å². The Bertz CT molecular complexity index is 325. The molecule has 0 aromatic rings. The second-order valence-electron chi connectivity index (χ2n) is 7.26. The summed E-state index contributed by atoms with van der Waals surface area (Å²) in [6.07, 6.45) is 7.22. The van der Waals surface area contributed by atoms with E-state index in [1.165, 1.54) is 32.1 Å². The molecule has 19 heavy (non-hydrogen) atoms. The number of likely N-dealkylation sites (N-methyl/N-ethyl adjacent to an activating group) is 1. The van der Waals surface area contributed by atoms with Crippen molar-refractivity contribution < 1.29 is 4.79 Å². The highest BCUT2D eigenvalue weighted by atomic mass is 16.2. The quantitative estimate of drug-likeness (QED) is 0.846. The van der Waals surface area contributed by atoms with Gasteiger partial charge in [-0.25, -0.2) is 0 Å². The average molecular weight is 264 g/mol. The molecule has 2 N–H and O–H groups in total. The molecule has 1 unspecified atom stereocenters. The molecular weight excluding hydrogens is 236 g/mol. The fourth-order valence-corrected chi connectivity index (χ4v) is 5.25. The summed E-state index contributed by atoms with van der Waals surface area (Å²) in [5.41, 5.74) is 5.77. The molecule has 4 bridgehead atoms. The van der Waals surface area contributed by atoms with E-state index >= 15 is 0 Å². The van der Waals surface area contributed by atoms with Crippen LogP contribution in [0.15, 0.2) is 0 Å². The van der Waals surface area contributed by atoms with Crippen molar-refractivity contribution in [2.45, 2.75) is 52.0 Å². The molecule has 3 heteroatoms. The van der Waals surface area contributed by atoms with Crippen LogP contribution in [0.2, 0.25) is 0 Å². The number of nitrogens with two attached hydrogens (primary N) is 1. The average Bonchev–Trinajstić information content (AvgIpc) is 2.36. The van der Waals surface area contributed by atoms with Crippen LogP contribution in [0.3, 0.4) is 0 Å². The Morgan fingerprint density at radius 3 is 2.11 bits per heavy atom. The van der Waals surface area contributed by atoms with Crippen molar-refractivity contribution >= 4 is 5.91 Å². The summed E-state index contributed by atoms with van der Waals surface area (Å²) in [4.78, 5) is 14.2. The molecule has 4 saturated carbocycles. The van der Waals surface area contributed by atoms with E-state index in [0.29, 0.717) is 0 Å². The normalized spacial score (nSPS) is 41.3. The molecule has 4 fully saturated rings. The first-order valence-electron chi connectivity index (χ1n) is 8.12. The Kier molecular flexibility index (Phi) is 3.59. The number of carbonyl (C=O) groups excluding carboxylic acids is 1. The summed E-state index contributed by atoms with van der Waals surface area (Å²) in [7, 11) is 0. The molecule has 108 valence electrons. The van der Waals surface area contributed by atoms with Crippen LogP contribution < -0.4 is 5.73 Å². The van der Waals surface area contributed by atoms with Crippen LogP contribution >= 0.6 is 0 Å². The maximum absolute atomic E-state index is 12.1. The van der Waals surface area contributed by atoms with Gasteiger partial charge in [0.2, 0.25) is 5.91 Å². The van der Waals surface area contributed by atoms with Crippen LogP contribution in [-0.4, -0.2) is 29.9 Å². The van der Waals surface area contributed by atoms with Crippen molar-refractivity contribution in [3.8, 4) is 0 Å². The zero-order valence-corrected chi connectivity index (χ0v) is 12.3. The van der Waals surface area contributed by atoms with Gasteiger partial charge in [0.1, 0.15) is 0 Å². The maximum atomic E-state index is 12.1. The summed E-state index contributed by atoms with van der Waals surface area (Å²) in [6, 6.07) is -0.350. The summed E-state index contributed by atoms with van der Waals surface area (Å²) < 4.78 is 0. The van der Waals surface area contributed by atoms with Crippen LogP contribution in [-0.2, 0) is 4.79 Å². The lowest BCUT2D eigenvalue weighted by Crippen LogP contribution is -2.51. The van der Waals surface area contributed by atoms with E-state index in [0.717, 1.165) is 42.7 Å². The monoisotopic (exact) mass is 264 g/mol. The predicted octanol–water partition coefficient (Wildman–Crippen LogP) is 2.25. The Labute approximate surface area is 116 Å². The molecule has 4 aliphatic rings. The molecule has 3 nitrogen and oxygen atoms in total. The van der Waals surface area contributed by atoms with Crippen LogP contribution in [0.4, 0.5) is 0 Å². The number of rotatable bonds is 4. The molecule has 0 heterocycles. The molecular formula is C16H28N2O. The molecule has 1 amide bonds. The van der Waals surface area contributed by atoms with Gasteiger partial charge >= 0.3 is 0 Å². The van der Waals surface area contributed by atoms with Gasteiger partial charge in [0.05, 0.1) is 6.04 Å². The van der Waals surface area contributed by atoms with E-state index in [1.54, 1.807) is 0 Å². The fraction of sp³-hybridized carbons (Fsp3) is 0.938. The standard InChI is InChI=1S/C16H28N2O/c1-3-18(16(19)10(2)17)9-15-13-5-11-4-12(7-13)8-14(15)6-11/h10-15H,3-9,17H2,1-2H3. The Hall–Kier alpha value is -0.570. The van der Waals surface area contributed by atoms with Crippen LogP contribution in [0.25, 0.3) is 0 Å². The fourth-order valence-electron chi connectivity index (χ4n) is 5.25. The van der Waals surface area contributed by atoms with Crippen LogP contribution in [0, 0.1) is 29.6 Å². The van der Waals surface area contributed by atoms with Gasteiger partial charge in [-0.2, -0.15) is 0 Å². The molecule has 0 spiro atoms. The number of amides is 1. The lowest BCUT2D eigenvalue weighted by molar-refractivity contribution is -0.135. The number of hydrogen-bond acceptors (Lipinski definition) is 2. The van der Waals surface area contributed by atoms with Crippen LogP contribution in [0.1, 0.15) is 46.0 Å². The lowest BCUT2D eigenvalue weighted by Gasteiger charge is -2.55. The van der Waals surface area contributed by atoms with E-state index in [1.807, 2.05) is 11.8 Å². The largest absolute Gasteiger partial charge is 0.341 e. The Balaban J connectivity index is 1.67. The van der Waals surface area contributed by atoms with E-state index in [2.05, 4.69) is 6.92 Å². The first-order valence-corrected chi connectivity index (χ1v) is 8.12. The minimum atomic E-state index is -0.350. The highest BCUT2D eigenvalue weighted by Crippen LogP contribution is 2.56. The highest BCUT2D eigenvalue weighted by Gasteiger charge is 2.48. The van der Waals surface area contributed by atoms with Crippen molar-refractivity contribution in [1.29, 1.82) is 0 Å². The third-order valence-corrected chi connectivity index (χ3v) is 5.94. The number of nitrogens with zero attached hydrogens (tertiary/aromatic N) is 1. The van der Waals surface area contributed by atoms with E-state index in [4.69, 9.17) is 5.73 Å². The summed E-state index contributed by atoms with van der Waals surface area (Å²) in [5, 5.41) is 0. The smallest absolute Gasteiger partial charge is 0.239 e. The molecule has 4 aliphatic carbocycles. The van der Waals surface area contributed by atoms with Gasteiger partial charge in [-0.1, -0.05) is 0 Å². The zero-order valence-electron chi connectivity index (χ0n) is 12.3. The molecule has 1 atom stereocenters. The van der Waals surface area contributed by atoms with Gasteiger partial charge in [-0.3, -0.25) is 4.79 Å². The van der Waals surface area contributed by atoms with Crippen molar-refractivity contribution in [1.82, 2.24) is 4.90 Å². The van der Waals surface area contributed by atoms with Gasteiger partial charge in [-0.15, -0.1) is 0 Å². The van der Waals surface area contributed by atoms with Crippen LogP contribution in [0.5, 0.6) is 0 Å². The van der Waals surface area contributed by atoms with Gasteiger partial charge < -0.3 is 10.6 Å². The van der Waals surface area contributed by atoms with Gasteiger partial charge in [-0.05, 0) is 75.5 Å². The topological polar surface area (TPSA) is 46.3 Å². The van der Waals surface area contributed by atoms with E-state index in [9.17, 15) is 4.79 Å². The SMILES string of the molecule is CCN(CC1C2CC3CC(C2)CC1C3)C(=O)C(C)N. The maximum Gasteiger partial charge on any atom is 0.239 e. The molecule has 0 saturated heterocycles. The predicted molar refractivity (Wildman–Crippen MR) is 76.4 cm³/mol. The summed E-state index contributed by atoms with van der Waals surface area (Å²) in [5.74, 6) is 4.71. The summed E-state index contributed by atoms with van der Waals surface area (Å²) >= 11 is 0. The van der Waals surface area contributed by atoms with Crippen molar-refractivity contribution in [2.75, 3.05) is 13.1 Å². The minimum absolute atomic E-state index is 0.135. The molecule has 0 aromatic carbocycles. The summed E-state index contributed by atoms with van der Waals surface area (Å²) in [6.45, 7) is 5.66. The van der Waals surface area contributed by atoms with Gasteiger partial charge in [0, 0.05) is 13.1 Å². The van der Waals surface area contributed by atoms with Crippen molar-refractivity contribution in [2.24, 2.45) is 35.3 Å². The third kappa shape index (κ3) is 2.42. The zero-order chi connectivity index (χ0) is 13.6. The molecule has 0 aromatic heterocycles. The highest BCUT2D eigenvalue weighted by molar-refractivity contribution is 5.81. The van der Waals surface area contributed by atoms with Gasteiger partial charge in [0.15, 0.2) is 0 Å². The second kappa shape index (κ2) is 5.08. The lowest BCUT2D eigenvalue weighted by atomic mass is 9.52. The number of hydrogen-bond donors (Lipinski definition) is 1. The molecule has 4 rings (SSSR count). The van der Waals surface area contributed by atoms with Crippen molar-refractivity contribution in [3.63, 3.8) is 0 Å². The third-order valence-electron chi connectivity index (χ3n) is 5.94. The first-order chi connectivity index (χ1) is 9.08. The first kappa shape index (κ1) is 13.4. The Morgan fingerprint density at radius 2 is 1.68 bits per heavy atom. The number of carbonyl (C=O) groups is 1.